The molecule has 2 aromatic heterocycles. The molecule has 29 heavy (non-hydrogen) atoms. The van der Waals surface area contributed by atoms with Crippen LogP contribution in [0.4, 0.5) is 5.95 Å². The minimum Gasteiger partial charge on any atom is -0.342 e. The Morgan fingerprint density at radius 2 is 2.03 bits per heavy atom. The summed E-state index contributed by atoms with van der Waals surface area (Å²) in [6.45, 7) is 4.38. The maximum Gasteiger partial charge on any atom is 0.293 e. The van der Waals surface area contributed by atoms with Crippen molar-refractivity contribution in [3.63, 3.8) is 0 Å². The number of hydrogen-bond acceptors (Lipinski definition) is 5. The molecule has 146 valence electrons. The highest BCUT2D eigenvalue weighted by Gasteiger charge is 2.21. The predicted molar refractivity (Wildman–Crippen MR) is 112 cm³/mol. The van der Waals surface area contributed by atoms with Crippen LogP contribution in [0.5, 0.6) is 0 Å². The molecule has 7 heteroatoms. The Kier molecular flexibility index (Phi) is 5.31. The van der Waals surface area contributed by atoms with E-state index >= 15 is 0 Å². The molecule has 3 aromatic rings. The molecule has 1 aromatic carbocycles. The molecule has 1 aliphatic heterocycles. The Labute approximate surface area is 169 Å². The van der Waals surface area contributed by atoms with Gasteiger partial charge in [-0.3, -0.25) is 9.36 Å². The first-order chi connectivity index (χ1) is 14.2. The lowest BCUT2D eigenvalue weighted by Crippen LogP contribution is -2.32. The molecule has 0 spiro atoms. The maximum atomic E-state index is 13.3. The molecule has 1 saturated heterocycles. The monoisotopic (exact) mass is 386 g/mol. The van der Waals surface area contributed by atoms with Gasteiger partial charge in [0.2, 0.25) is 5.95 Å². The zero-order valence-electron chi connectivity index (χ0n) is 16.4. The van der Waals surface area contributed by atoms with Crippen LogP contribution in [-0.4, -0.2) is 32.4 Å². The molecule has 0 bridgehead atoms. The number of imidazole rings is 1. The lowest BCUT2D eigenvalue weighted by Gasteiger charge is -2.27. The van der Waals surface area contributed by atoms with Gasteiger partial charge in [0.25, 0.3) is 5.56 Å². The van der Waals surface area contributed by atoms with E-state index in [0.717, 1.165) is 37.4 Å². The third-order valence-electron chi connectivity index (χ3n) is 5.17. The van der Waals surface area contributed by atoms with E-state index in [4.69, 9.17) is 10.2 Å². The van der Waals surface area contributed by atoms with Crippen molar-refractivity contribution < 1.29 is 0 Å². The van der Waals surface area contributed by atoms with Crippen LogP contribution in [0.15, 0.2) is 35.3 Å². The molecule has 1 fully saturated rings. The third kappa shape index (κ3) is 3.72. The second-order valence-electron chi connectivity index (χ2n) is 7.13. The average Bonchev–Trinajstić information content (AvgIpc) is 3.14. The Balaban J connectivity index is 1.80. The minimum absolute atomic E-state index is 0.196. The first kappa shape index (κ1) is 18.8. The summed E-state index contributed by atoms with van der Waals surface area (Å²) in [6.07, 6.45) is 5.12. The van der Waals surface area contributed by atoms with Crippen LogP contribution in [0.25, 0.3) is 11.0 Å². The lowest BCUT2D eigenvalue weighted by atomic mass is 10.1. The summed E-state index contributed by atoms with van der Waals surface area (Å²) in [5.41, 5.74) is 2.34. The fraction of sp³-hybridized carbons (Fsp3) is 0.364. The van der Waals surface area contributed by atoms with Gasteiger partial charge >= 0.3 is 0 Å². The highest BCUT2D eigenvalue weighted by Crippen LogP contribution is 2.23. The van der Waals surface area contributed by atoms with E-state index in [1.54, 1.807) is 25.3 Å². The number of fused-ring (bicyclic) bond motifs is 1. The van der Waals surface area contributed by atoms with E-state index in [-0.39, 0.29) is 5.56 Å². The second kappa shape index (κ2) is 8.20. The van der Waals surface area contributed by atoms with Crippen molar-refractivity contribution in [1.29, 1.82) is 5.26 Å². The van der Waals surface area contributed by atoms with Gasteiger partial charge in [0.15, 0.2) is 0 Å². The lowest BCUT2D eigenvalue weighted by molar-refractivity contribution is 0.561. The van der Waals surface area contributed by atoms with Crippen molar-refractivity contribution in [2.24, 2.45) is 0 Å². The number of hydrogen-bond donors (Lipinski definition) is 0. The summed E-state index contributed by atoms with van der Waals surface area (Å²) in [7, 11) is 0. The Bertz CT molecular complexity index is 1200. The number of anilines is 1. The smallest absolute Gasteiger partial charge is 0.293 e. The molecule has 0 N–H and O–H groups in total. The topological polar surface area (TPSA) is 79.7 Å². The fourth-order valence-corrected chi connectivity index (χ4v) is 3.74. The van der Waals surface area contributed by atoms with Gasteiger partial charge < -0.3 is 4.90 Å². The standard InChI is InChI=1S/C22H22N6O/c1-2-3-12-27-20-19(25-22(27)26-10-5-4-6-11-26)15-24-28(21(20)29)16-18-9-7-8-17(13-18)14-23/h7-9,13,15H,4-6,10-12,16H2,1H3. The molecule has 4 rings (SSSR count). The summed E-state index contributed by atoms with van der Waals surface area (Å²) in [5.74, 6) is 6.79. The van der Waals surface area contributed by atoms with Crippen LogP contribution < -0.4 is 10.5 Å². The van der Waals surface area contributed by atoms with Crippen LogP contribution >= 0.6 is 0 Å². The summed E-state index contributed by atoms with van der Waals surface area (Å²) >= 11 is 0. The quantitative estimate of drug-likeness (QED) is 0.644. The zero-order valence-corrected chi connectivity index (χ0v) is 16.4. The van der Waals surface area contributed by atoms with Crippen LogP contribution in [0, 0.1) is 23.2 Å². The first-order valence-electron chi connectivity index (χ1n) is 9.81. The van der Waals surface area contributed by atoms with Crippen molar-refractivity contribution in [3.05, 3.63) is 51.9 Å². The molecule has 0 atom stereocenters. The molecule has 0 amide bonds. The van der Waals surface area contributed by atoms with E-state index in [0.29, 0.717) is 29.7 Å². The molecule has 0 radical (unpaired) electrons. The van der Waals surface area contributed by atoms with Gasteiger partial charge in [-0.25, -0.2) is 9.67 Å². The summed E-state index contributed by atoms with van der Waals surface area (Å²) in [5, 5.41) is 13.4. The molecular formula is C22H22N6O. The summed E-state index contributed by atoms with van der Waals surface area (Å²) in [4.78, 5) is 20.2. The second-order valence-corrected chi connectivity index (χ2v) is 7.13. The molecule has 0 aliphatic carbocycles. The average molecular weight is 386 g/mol. The van der Waals surface area contributed by atoms with E-state index in [1.165, 1.54) is 11.1 Å². The number of nitrogens with zero attached hydrogens (tertiary/aromatic N) is 6. The van der Waals surface area contributed by atoms with Crippen molar-refractivity contribution in [2.45, 2.75) is 39.3 Å². The van der Waals surface area contributed by atoms with E-state index in [2.05, 4.69) is 27.9 Å². The first-order valence-corrected chi connectivity index (χ1v) is 9.81. The van der Waals surface area contributed by atoms with Crippen molar-refractivity contribution in [2.75, 3.05) is 18.0 Å². The molecule has 1 aliphatic rings. The van der Waals surface area contributed by atoms with Crippen molar-refractivity contribution >= 4 is 17.0 Å². The van der Waals surface area contributed by atoms with E-state index < -0.39 is 0 Å². The molecule has 7 nitrogen and oxygen atoms in total. The van der Waals surface area contributed by atoms with Crippen LogP contribution in [0.1, 0.15) is 37.3 Å². The van der Waals surface area contributed by atoms with Crippen LogP contribution in [0.2, 0.25) is 0 Å². The highest BCUT2D eigenvalue weighted by atomic mass is 16.1. The molecule has 0 saturated carbocycles. The van der Waals surface area contributed by atoms with Crippen molar-refractivity contribution in [3.8, 4) is 17.9 Å². The fourth-order valence-electron chi connectivity index (χ4n) is 3.74. The van der Waals surface area contributed by atoms with Gasteiger partial charge in [0.1, 0.15) is 11.0 Å². The number of aromatic nitrogens is 4. The molecule has 0 unspecified atom stereocenters. The maximum absolute atomic E-state index is 13.3. The largest absolute Gasteiger partial charge is 0.342 e. The third-order valence-corrected chi connectivity index (χ3v) is 5.17. The Hall–Kier alpha value is -3.58. The van der Waals surface area contributed by atoms with Gasteiger partial charge in [-0.05, 0) is 43.9 Å². The van der Waals surface area contributed by atoms with Crippen LogP contribution in [-0.2, 0) is 13.1 Å². The van der Waals surface area contributed by atoms with E-state index in [1.807, 2.05) is 16.7 Å². The number of benzene rings is 1. The predicted octanol–water partition coefficient (Wildman–Crippen LogP) is 2.53. The Morgan fingerprint density at radius 3 is 2.79 bits per heavy atom. The Morgan fingerprint density at radius 1 is 1.21 bits per heavy atom. The van der Waals surface area contributed by atoms with Gasteiger partial charge in [-0.1, -0.05) is 18.1 Å². The highest BCUT2D eigenvalue weighted by molar-refractivity contribution is 5.77. The van der Waals surface area contributed by atoms with Crippen LogP contribution in [0.3, 0.4) is 0 Å². The van der Waals surface area contributed by atoms with Gasteiger partial charge in [-0.15, -0.1) is 5.92 Å². The normalized spacial score (nSPS) is 13.7. The molecule has 3 heterocycles. The number of piperidine rings is 1. The number of nitriles is 1. The van der Waals surface area contributed by atoms with E-state index in [9.17, 15) is 4.79 Å². The molecular weight excluding hydrogens is 364 g/mol. The van der Waals surface area contributed by atoms with Gasteiger partial charge in [0.05, 0.1) is 30.9 Å². The summed E-state index contributed by atoms with van der Waals surface area (Å²) < 4.78 is 3.35. The van der Waals surface area contributed by atoms with Gasteiger partial charge in [-0.2, -0.15) is 10.4 Å². The zero-order chi connectivity index (χ0) is 20.2. The van der Waals surface area contributed by atoms with Crippen molar-refractivity contribution in [1.82, 2.24) is 19.3 Å². The SMILES string of the molecule is CC#CCn1c(N2CCCCC2)nc2cnn(Cc3cccc(C#N)c3)c(=O)c21. The summed E-state index contributed by atoms with van der Waals surface area (Å²) in [6, 6.07) is 9.34. The minimum atomic E-state index is -0.196. The number of rotatable bonds is 4. The van der Waals surface area contributed by atoms with Gasteiger partial charge in [0, 0.05) is 13.1 Å².